The first-order valence-electron chi connectivity index (χ1n) is 4.58. The van der Waals surface area contributed by atoms with Crippen molar-refractivity contribution >= 4 is 19.6 Å². The first-order chi connectivity index (χ1) is 6.66. The van der Waals surface area contributed by atoms with Crippen LogP contribution in [0.5, 0.6) is 0 Å². The third kappa shape index (κ3) is 2.03. The molecular weight excluding hydrogens is 188 g/mol. The summed E-state index contributed by atoms with van der Waals surface area (Å²) in [6.07, 6.45) is 1.84. The van der Waals surface area contributed by atoms with Gasteiger partial charge in [0.1, 0.15) is 0 Å². The molecule has 0 aliphatic heterocycles. The maximum atomic E-state index is 5.56. The molecule has 0 aromatic heterocycles. The zero-order chi connectivity index (χ0) is 10.6. The molecule has 0 fully saturated rings. The average Bonchev–Trinajstić information content (AvgIpc) is 2.28. The first kappa shape index (κ1) is 11.0. The average molecular weight is 204 g/mol. The van der Waals surface area contributed by atoms with E-state index in [-0.39, 0.29) is 0 Å². The van der Waals surface area contributed by atoms with E-state index in [1.54, 1.807) is 7.11 Å². The molecular formula is C12H16OSi. The fourth-order valence-corrected chi connectivity index (χ4v) is 2.81. The molecule has 1 unspecified atom stereocenters. The quantitative estimate of drug-likeness (QED) is 0.685. The molecule has 0 amide bonds. The summed E-state index contributed by atoms with van der Waals surface area (Å²) in [6.45, 7) is 9.73. The van der Waals surface area contributed by atoms with Crippen molar-refractivity contribution < 1.29 is 4.43 Å². The van der Waals surface area contributed by atoms with E-state index in [4.69, 9.17) is 4.43 Å². The molecule has 0 spiro atoms. The maximum absolute atomic E-state index is 5.56. The van der Waals surface area contributed by atoms with Crippen LogP contribution in [-0.4, -0.2) is 15.4 Å². The largest absolute Gasteiger partial charge is 0.412 e. The van der Waals surface area contributed by atoms with Gasteiger partial charge in [-0.05, 0) is 17.3 Å². The van der Waals surface area contributed by atoms with E-state index in [0.717, 1.165) is 5.56 Å². The Balaban J connectivity index is 3.16. The summed E-state index contributed by atoms with van der Waals surface area (Å²) in [4.78, 5) is 0. The summed E-state index contributed by atoms with van der Waals surface area (Å²) in [7, 11) is -0.160. The smallest absolute Gasteiger partial charge is 0.244 e. The predicted octanol–water partition coefficient (Wildman–Crippen LogP) is 2.48. The first-order valence-corrected chi connectivity index (χ1v) is 7.06. The molecule has 0 aliphatic rings. The molecule has 0 saturated carbocycles. The van der Waals surface area contributed by atoms with Crippen LogP contribution in [0.15, 0.2) is 43.1 Å². The van der Waals surface area contributed by atoms with Gasteiger partial charge in [-0.1, -0.05) is 42.6 Å². The molecule has 0 radical (unpaired) electrons. The minimum atomic E-state index is -1.90. The Bertz CT molecular complexity index is 346. The van der Waals surface area contributed by atoms with Gasteiger partial charge >= 0.3 is 0 Å². The Morgan fingerprint density at radius 1 is 1.36 bits per heavy atom. The van der Waals surface area contributed by atoms with E-state index < -0.39 is 8.32 Å². The Labute approximate surface area is 86.9 Å². The molecule has 0 heterocycles. The zero-order valence-corrected chi connectivity index (χ0v) is 9.79. The van der Waals surface area contributed by atoms with E-state index in [0.29, 0.717) is 0 Å². The molecule has 1 atom stereocenters. The lowest BCUT2D eigenvalue weighted by Crippen LogP contribution is -2.45. The van der Waals surface area contributed by atoms with Crippen LogP contribution in [-0.2, 0) is 4.43 Å². The van der Waals surface area contributed by atoms with Crippen LogP contribution in [0.3, 0.4) is 0 Å². The molecule has 74 valence electrons. The summed E-state index contributed by atoms with van der Waals surface area (Å²) in [5.74, 6) is 0. The van der Waals surface area contributed by atoms with Crippen molar-refractivity contribution in [2.45, 2.75) is 6.55 Å². The molecule has 14 heavy (non-hydrogen) atoms. The zero-order valence-electron chi connectivity index (χ0n) is 8.79. The van der Waals surface area contributed by atoms with E-state index in [9.17, 15) is 0 Å². The normalized spacial score (nSPS) is 14.4. The van der Waals surface area contributed by atoms with Gasteiger partial charge in [-0.2, -0.15) is 0 Å². The molecule has 0 aliphatic carbocycles. The van der Waals surface area contributed by atoms with Crippen molar-refractivity contribution in [3.63, 3.8) is 0 Å². The number of hydrogen-bond donors (Lipinski definition) is 0. The predicted molar refractivity (Wildman–Crippen MR) is 65.0 cm³/mol. The van der Waals surface area contributed by atoms with Crippen molar-refractivity contribution in [2.75, 3.05) is 7.11 Å². The van der Waals surface area contributed by atoms with Crippen molar-refractivity contribution in [3.05, 3.63) is 48.7 Å². The highest BCUT2D eigenvalue weighted by atomic mass is 28.4. The van der Waals surface area contributed by atoms with Crippen molar-refractivity contribution in [3.8, 4) is 0 Å². The Kier molecular flexibility index (Phi) is 3.44. The van der Waals surface area contributed by atoms with Crippen LogP contribution in [0.4, 0.5) is 0 Å². The monoisotopic (exact) mass is 204 g/mol. The third-order valence-electron chi connectivity index (χ3n) is 2.51. The number of benzene rings is 1. The van der Waals surface area contributed by atoms with E-state index in [2.05, 4.69) is 31.8 Å². The minimum absolute atomic E-state index is 1.13. The molecule has 1 nitrogen and oxygen atoms in total. The van der Waals surface area contributed by atoms with Gasteiger partial charge < -0.3 is 4.43 Å². The number of rotatable bonds is 4. The maximum Gasteiger partial charge on any atom is 0.244 e. The van der Waals surface area contributed by atoms with Crippen LogP contribution in [0.25, 0.3) is 6.08 Å². The van der Waals surface area contributed by atoms with Gasteiger partial charge in [-0.15, -0.1) is 6.58 Å². The van der Waals surface area contributed by atoms with Crippen LogP contribution in [0.1, 0.15) is 5.56 Å². The van der Waals surface area contributed by atoms with Crippen LogP contribution < -0.4 is 5.19 Å². The lowest BCUT2D eigenvalue weighted by Gasteiger charge is -2.21. The van der Waals surface area contributed by atoms with Gasteiger partial charge in [0, 0.05) is 7.11 Å². The molecule has 0 saturated heterocycles. The van der Waals surface area contributed by atoms with Gasteiger partial charge in [-0.25, -0.2) is 0 Å². The Morgan fingerprint density at radius 2 is 2.07 bits per heavy atom. The second-order valence-electron chi connectivity index (χ2n) is 3.34. The third-order valence-corrected chi connectivity index (χ3v) is 5.59. The fraction of sp³-hybridized carbons (Fsp3) is 0.167. The standard InChI is InChI=1S/C12H16OSi/c1-5-11-8-7-9-12(10-11)14(4,6-2)13-3/h5-10H,1-2H2,3-4H3. The lowest BCUT2D eigenvalue weighted by atomic mass is 10.2. The molecule has 2 heteroatoms. The summed E-state index contributed by atoms with van der Waals surface area (Å²) in [6, 6.07) is 8.26. The summed E-state index contributed by atoms with van der Waals surface area (Å²) >= 11 is 0. The van der Waals surface area contributed by atoms with E-state index in [1.807, 2.05) is 23.9 Å². The van der Waals surface area contributed by atoms with Crippen molar-refractivity contribution in [1.82, 2.24) is 0 Å². The van der Waals surface area contributed by atoms with Gasteiger partial charge in [-0.3, -0.25) is 0 Å². The summed E-state index contributed by atoms with van der Waals surface area (Å²) in [5, 5.41) is 1.23. The fourth-order valence-electron chi connectivity index (χ4n) is 1.29. The molecule has 1 rings (SSSR count). The highest BCUT2D eigenvalue weighted by Crippen LogP contribution is 2.08. The van der Waals surface area contributed by atoms with Gasteiger partial charge in [0.05, 0.1) is 0 Å². The van der Waals surface area contributed by atoms with Crippen LogP contribution in [0, 0.1) is 0 Å². The summed E-state index contributed by atoms with van der Waals surface area (Å²) < 4.78 is 5.56. The minimum Gasteiger partial charge on any atom is -0.412 e. The highest BCUT2D eigenvalue weighted by molar-refractivity contribution is 6.89. The lowest BCUT2D eigenvalue weighted by molar-refractivity contribution is 0.420. The molecule has 1 aromatic carbocycles. The SMILES string of the molecule is C=Cc1cccc([Si](C)(C=C)OC)c1. The van der Waals surface area contributed by atoms with Crippen LogP contribution in [0.2, 0.25) is 6.55 Å². The van der Waals surface area contributed by atoms with E-state index in [1.165, 1.54) is 5.19 Å². The molecule has 1 aromatic rings. The Hall–Kier alpha value is -1.12. The molecule has 0 N–H and O–H groups in total. The van der Waals surface area contributed by atoms with Gasteiger partial charge in [0.2, 0.25) is 8.32 Å². The van der Waals surface area contributed by atoms with Crippen LogP contribution >= 0.6 is 0 Å². The Morgan fingerprint density at radius 3 is 2.57 bits per heavy atom. The number of hydrogen-bond acceptors (Lipinski definition) is 1. The second kappa shape index (κ2) is 4.40. The molecule has 0 bridgehead atoms. The van der Waals surface area contributed by atoms with Gasteiger partial charge in [0.25, 0.3) is 0 Å². The topological polar surface area (TPSA) is 9.23 Å². The van der Waals surface area contributed by atoms with Crippen molar-refractivity contribution in [2.24, 2.45) is 0 Å². The second-order valence-corrected chi connectivity index (χ2v) is 6.95. The van der Waals surface area contributed by atoms with E-state index >= 15 is 0 Å². The summed E-state index contributed by atoms with van der Waals surface area (Å²) in [5.41, 5.74) is 3.06. The van der Waals surface area contributed by atoms with Gasteiger partial charge in [0.15, 0.2) is 0 Å². The van der Waals surface area contributed by atoms with Crippen molar-refractivity contribution in [1.29, 1.82) is 0 Å². The highest BCUT2D eigenvalue weighted by Gasteiger charge is 2.26.